The zero-order chi connectivity index (χ0) is 19.6. The molecule has 1 atom stereocenters. The first-order valence-corrected chi connectivity index (χ1v) is 9.84. The lowest BCUT2D eigenvalue weighted by Gasteiger charge is -2.33. The summed E-state index contributed by atoms with van der Waals surface area (Å²) in [6.45, 7) is 2.02. The maximum Gasteiger partial charge on any atom is 0.272 e. The van der Waals surface area contributed by atoms with E-state index in [2.05, 4.69) is 4.98 Å². The molecule has 1 unspecified atom stereocenters. The van der Waals surface area contributed by atoms with Crippen LogP contribution in [0.1, 0.15) is 35.3 Å². The lowest BCUT2D eigenvalue weighted by Crippen LogP contribution is -2.44. The fourth-order valence-corrected chi connectivity index (χ4v) is 4.20. The minimum atomic E-state index is -0.966. The molecular formula is C22H25N3O3. The summed E-state index contributed by atoms with van der Waals surface area (Å²) in [7, 11) is 0. The van der Waals surface area contributed by atoms with Gasteiger partial charge in [0.15, 0.2) is 0 Å². The number of carbonyl (C=O) groups excluding carboxylic acids is 2. The number of hydrogen-bond donors (Lipinski definition) is 1. The van der Waals surface area contributed by atoms with Gasteiger partial charge >= 0.3 is 0 Å². The second kappa shape index (κ2) is 7.72. The molecule has 2 amide bonds. The first-order chi connectivity index (χ1) is 13.6. The zero-order valence-corrected chi connectivity index (χ0v) is 15.8. The average Bonchev–Trinajstić information content (AvgIpc) is 3.17. The minimum Gasteiger partial charge on any atom is -0.383 e. The quantitative estimate of drug-likeness (QED) is 0.886. The van der Waals surface area contributed by atoms with Gasteiger partial charge in [0.05, 0.1) is 6.54 Å². The highest BCUT2D eigenvalue weighted by molar-refractivity contribution is 5.92. The van der Waals surface area contributed by atoms with E-state index in [4.69, 9.17) is 0 Å². The third-order valence-corrected chi connectivity index (χ3v) is 5.89. The number of β-amino-alcohol motifs (C(OH)–C–C–N with tert-alkyl or cyclic N) is 1. The lowest BCUT2D eigenvalue weighted by molar-refractivity contribution is -0.136. The largest absolute Gasteiger partial charge is 0.383 e. The van der Waals surface area contributed by atoms with E-state index in [1.807, 2.05) is 30.3 Å². The van der Waals surface area contributed by atoms with Crippen LogP contribution < -0.4 is 0 Å². The topological polar surface area (TPSA) is 73.7 Å². The fraction of sp³-hybridized carbons (Fsp3) is 0.409. The predicted octanol–water partition coefficient (Wildman–Crippen LogP) is 2.05. The van der Waals surface area contributed by atoms with Crippen LogP contribution in [0.15, 0.2) is 54.7 Å². The number of benzene rings is 1. The Morgan fingerprint density at radius 1 is 0.964 bits per heavy atom. The Hall–Kier alpha value is -2.73. The zero-order valence-electron chi connectivity index (χ0n) is 15.8. The number of piperidine rings is 1. The van der Waals surface area contributed by atoms with Gasteiger partial charge in [0, 0.05) is 31.7 Å². The molecule has 4 rings (SSSR count). The van der Waals surface area contributed by atoms with Crippen LogP contribution in [0, 0.1) is 5.92 Å². The molecule has 2 saturated heterocycles. The lowest BCUT2D eigenvalue weighted by atomic mass is 9.93. The van der Waals surface area contributed by atoms with E-state index in [-0.39, 0.29) is 17.7 Å². The van der Waals surface area contributed by atoms with Gasteiger partial charge in [-0.05, 0) is 37.0 Å². The molecule has 0 bridgehead atoms. The Bertz CT molecular complexity index is 835. The average molecular weight is 379 g/mol. The summed E-state index contributed by atoms with van der Waals surface area (Å²) < 4.78 is 0. The van der Waals surface area contributed by atoms with Crippen LogP contribution in [0.3, 0.4) is 0 Å². The molecule has 0 spiro atoms. The van der Waals surface area contributed by atoms with E-state index in [1.54, 1.807) is 34.2 Å². The van der Waals surface area contributed by atoms with Crippen molar-refractivity contribution in [2.75, 3.05) is 26.2 Å². The van der Waals surface area contributed by atoms with E-state index in [0.29, 0.717) is 51.1 Å². The summed E-state index contributed by atoms with van der Waals surface area (Å²) >= 11 is 0. The van der Waals surface area contributed by atoms with Gasteiger partial charge in [-0.1, -0.05) is 36.4 Å². The van der Waals surface area contributed by atoms with Crippen molar-refractivity contribution in [3.63, 3.8) is 0 Å². The van der Waals surface area contributed by atoms with Crippen LogP contribution in [0.5, 0.6) is 0 Å². The molecule has 6 nitrogen and oxygen atoms in total. The Morgan fingerprint density at radius 3 is 2.36 bits per heavy atom. The van der Waals surface area contributed by atoms with Gasteiger partial charge in [0.2, 0.25) is 5.91 Å². The molecule has 0 radical (unpaired) electrons. The number of nitrogens with zero attached hydrogens (tertiary/aromatic N) is 3. The number of aliphatic hydroxyl groups is 1. The van der Waals surface area contributed by atoms with Gasteiger partial charge in [-0.15, -0.1) is 0 Å². The van der Waals surface area contributed by atoms with Gasteiger partial charge < -0.3 is 14.9 Å². The molecule has 6 heteroatoms. The molecule has 0 saturated carbocycles. The van der Waals surface area contributed by atoms with Gasteiger partial charge in [-0.2, -0.15) is 0 Å². The van der Waals surface area contributed by atoms with E-state index < -0.39 is 5.60 Å². The number of amides is 2. The second-order valence-electron chi connectivity index (χ2n) is 7.69. The number of hydrogen-bond acceptors (Lipinski definition) is 4. The molecule has 2 aliphatic heterocycles. The van der Waals surface area contributed by atoms with E-state index in [9.17, 15) is 14.7 Å². The predicted molar refractivity (Wildman–Crippen MR) is 104 cm³/mol. The number of carbonyl (C=O) groups is 2. The number of likely N-dealkylation sites (tertiary alicyclic amines) is 2. The fourth-order valence-electron chi connectivity index (χ4n) is 4.20. The molecule has 28 heavy (non-hydrogen) atoms. The highest BCUT2D eigenvalue weighted by Crippen LogP contribution is 2.33. The minimum absolute atomic E-state index is 0.0777. The van der Waals surface area contributed by atoms with Crippen LogP contribution in [0.25, 0.3) is 0 Å². The maximum absolute atomic E-state index is 13.0. The SMILES string of the molecule is O=C(c1ccccn1)N1CCC(C(=O)N2CCC(O)(c3ccccc3)C2)CC1. The van der Waals surface area contributed by atoms with Crippen LogP contribution in [0.2, 0.25) is 0 Å². The molecular weight excluding hydrogens is 354 g/mol. The third kappa shape index (κ3) is 3.64. The molecule has 2 aromatic rings. The molecule has 146 valence electrons. The molecule has 1 N–H and O–H groups in total. The summed E-state index contributed by atoms with van der Waals surface area (Å²) in [5.74, 6) is -0.0752. The Kier molecular flexibility index (Phi) is 5.13. The van der Waals surface area contributed by atoms with Crippen LogP contribution >= 0.6 is 0 Å². The smallest absolute Gasteiger partial charge is 0.272 e. The van der Waals surface area contributed by atoms with Crippen molar-refractivity contribution in [1.29, 1.82) is 0 Å². The van der Waals surface area contributed by atoms with Crippen molar-refractivity contribution < 1.29 is 14.7 Å². The number of aromatic nitrogens is 1. The summed E-state index contributed by atoms with van der Waals surface area (Å²) in [4.78, 5) is 33.2. The molecule has 3 heterocycles. The van der Waals surface area contributed by atoms with Crippen molar-refractivity contribution in [2.24, 2.45) is 5.92 Å². The normalized spacial score (nSPS) is 23.0. The Morgan fingerprint density at radius 2 is 1.68 bits per heavy atom. The van der Waals surface area contributed by atoms with Crippen molar-refractivity contribution in [3.05, 3.63) is 66.0 Å². The number of pyridine rings is 1. The summed E-state index contributed by atoms with van der Waals surface area (Å²) in [6.07, 6.45) is 3.47. The molecule has 1 aromatic carbocycles. The van der Waals surface area contributed by atoms with Crippen LogP contribution in [-0.2, 0) is 10.4 Å². The first kappa shape index (κ1) is 18.6. The van der Waals surface area contributed by atoms with Gasteiger partial charge in [0.1, 0.15) is 11.3 Å². The number of rotatable bonds is 3. The summed E-state index contributed by atoms with van der Waals surface area (Å²) in [5.41, 5.74) is 0.341. The highest BCUT2D eigenvalue weighted by Gasteiger charge is 2.41. The van der Waals surface area contributed by atoms with Crippen LogP contribution in [-0.4, -0.2) is 57.9 Å². The van der Waals surface area contributed by atoms with Gasteiger partial charge in [-0.25, -0.2) is 0 Å². The first-order valence-electron chi connectivity index (χ1n) is 9.84. The molecule has 1 aromatic heterocycles. The van der Waals surface area contributed by atoms with E-state index in [0.717, 1.165) is 5.56 Å². The van der Waals surface area contributed by atoms with Crippen LogP contribution in [0.4, 0.5) is 0 Å². The second-order valence-corrected chi connectivity index (χ2v) is 7.69. The van der Waals surface area contributed by atoms with Crippen molar-refractivity contribution in [2.45, 2.75) is 24.9 Å². The molecule has 2 fully saturated rings. The van der Waals surface area contributed by atoms with E-state index in [1.165, 1.54) is 0 Å². The van der Waals surface area contributed by atoms with Gasteiger partial charge in [-0.3, -0.25) is 14.6 Å². The monoisotopic (exact) mass is 379 g/mol. The summed E-state index contributed by atoms with van der Waals surface area (Å²) in [6, 6.07) is 14.9. The van der Waals surface area contributed by atoms with Gasteiger partial charge in [0.25, 0.3) is 5.91 Å². The molecule has 0 aliphatic carbocycles. The third-order valence-electron chi connectivity index (χ3n) is 5.89. The molecule has 2 aliphatic rings. The van der Waals surface area contributed by atoms with Crippen molar-refractivity contribution in [3.8, 4) is 0 Å². The Balaban J connectivity index is 1.34. The Labute approximate surface area is 164 Å². The standard InChI is InChI=1S/C22H25N3O3/c26-20(25-15-11-22(28,16-25)18-6-2-1-3-7-18)17-9-13-24(14-10-17)21(27)19-8-4-5-12-23-19/h1-8,12,17,28H,9-11,13-16H2. The summed E-state index contributed by atoms with van der Waals surface area (Å²) in [5, 5.41) is 11.0. The highest BCUT2D eigenvalue weighted by atomic mass is 16.3. The van der Waals surface area contributed by atoms with Crippen molar-refractivity contribution in [1.82, 2.24) is 14.8 Å². The van der Waals surface area contributed by atoms with Crippen molar-refractivity contribution >= 4 is 11.8 Å². The maximum atomic E-state index is 13.0. The van der Waals surface area contributed by atoms with E-state index >= 15 is 0 Å².